The van der Waals surface area contributed by atoms with Gasteiger partial charge in [-0.05, 0) is 51.4 Å². The van der Waals surface area contributed by atoms with Crippen LogP contribution in [0, 0.1) is 0 Å². The minimum atomic E-state index is -1.62. The van der Waals surface area contributed by atoms with Crippen LogP contribution < -0.4 is 5.11 Å². The van der Waals surface area contributed by atoms with Crippen LogP contribution in [0.4, 0.5) is 0 Å². The van der Waals surface area contributed by atoms with Gasteiger partial charge >= 0.3 is 11.9 Å². The molecule has 306 valence electrons. The Morgan fingerprint density at radius 3 is 1.60 bits per heavy atom. The third kappa shape index (κ3) is 37.4. The Morgan fingerprint density at radius 1 is 0.585 bits per heavy atom. The number of ether oxygens (including phenoxy) is 4. The molecule has 0 aliphatic rings. The first-order valence-electron chi connectivity index (χ1n) is 20.8. The molecule has 0 rings (SSSR count). The maximum atomic E-state index is 12.7. The fourth-order valence-corrected chi connectivity index (χ4v) is 5.35. The average Bonchev–Trinajstić information content (AvgIpc) is 3.11. The average molecular weight is 748 g/mol. The van der Waals surface area contributed by atoms with Crippen molar-refractivity contribution in [2.45, 2.75) is 167 Å². The van der Waals surface area contributed by atoms with E-state index in [1.807, 2.05) is 21.1 Å². The molecule has 0 spiro atoms. The summed E-state index contributed by atoms with van der Waals surface area (Å²) in [5.74, 6) is -2.31. The lowest BCUT2D eigenvalue weighted by Gasteiger charge is -2.26. The van der Waals surface area contributed by atoms with Crippen LogP contribution in [0.15, 0.2) is 48.6 Å². The van der Waals surface area contributed by atoms with Crippen molar-refractivity contribution in [2.24, 2.45) is 0 Å². The molecular weight excluding hydrogens is 670 g/mol. The molecular formula is C44H77NO8. The molecule has 0 aromatic rings. The number of hydrogen-bond donors (Lipinski definition) is 0. The molecule has 0 aliphatic heterocycles. The zero-order chi connectivity index (χ0) is 39.3. The number of carbonyl (C=O) groups is 3. The van der Waals surface area contributed by atoms with E-state index in [4.69, 9.17) is 18.9 Å². The smallest absolute Gasteiger partial charge is 0.306 e. The van der Waals surface area contributed by atoms with Crippen LogP contribution in [0.25, 0.3) is 0 Å². The Hall–Kier alpha value is -2.75. The van der Waals surface area contributed by atoms with Gasteiger partial charge in [-0.3, -0.25) is 9.59 Å². The van der Waals surface area contributed by atoms with E-state index >= 15 is 0 Å². The lowest BCUT2D eigenvalue weighted by Crippen LogP contribution is -2.44. The minimum Gasteiger partial charge on any atom is -0.545 e. The largest absolute Gasteiger partial charge is 0.545 e. The van der Waals surface area contributed by atoms with Crippen molar-refractivity contribution >= 4 is 17.9 Å². The summed E-state index contributed by atoms with van der Waals surface area (Å²) in [6, 6.07) is 0. The van der Waals surface area contributed by atoms with Gasteiger partial charge in [-0.25, -0.2) is 0 Å². The number of carboxylic acid groups (broad SMARTS) is 1. The van der Waals surface area contributed by atoms with Crippen molar-refractivity contribution in [3.05, 3.63) is 48.6 Å². The summed E-state index contributed by atoms with van der Waals surface area (Å²) >= 11 is 0. The first-order chi connectivity index (χ1) is 25.6. The number of esters is 2. The van der Waals surface area contributed by atoms with Crippen LogP contribution in [0.1, 0.15) is 155 Å². The summed E-state index contributed by atoms with van der Waals surface area (Å²) in [5, 5.41) is 11.6. The summed E-state index contributed by atoms with van der Waals surface area (Å²) in [7, 11) is 5.89. The predicted molar refractivity (Wildman–Crippen MR) is 214 cm³/mol. The van der Waals surface area contributed by atoms with Gasteiger partial charge in [-0.2, -0.15) is 0 Å². The number of likely N-dealkylation sites (N-methyl/N-ethyl adjacent to an activating group) is 1. The quantitative estimate of drug-likeness (QED) is 0.0204. The normalized spacial score (nSPS) is 13.5. The first-order valence-corrected chi connectivity index (χ1v) is 20.8. The van der Waals surface area contributed by atoms with E-state index in [2.05, 4.69) is 62.5 Å². The number of aliphatic carboxylic acids is 1. The summed E-state index contributed by atoms with van der Waals surface area (Å²) in [5.41, 5.74) is 0. The molecule has 9 nitrogen and oxygen atoms in total. The molecule has 0 heterocycles. The maximum absolute atomic E-state index is 12.7. The molecule has 0 bridgehead atoms. The van der Waals surface area contributed by atoms with Crippen LogP contribution in [0.2, 0.25) is 0 Å². The summed E-state index contributed by atoms with van der Waals surface area (Å²) < 4.78 is 22.4. The fraction of sp³-hybridized carbons (Fsp3) is 0.750. The number of allylic oxidation sites excluding steroid dienone is 8. The van der Waals surface area contributed by atoms with Gasteiger partial charge < -0.3 is 33.3 Å². The predicted octanol–water partition coefficient (Wildman–Crippen LogP) is 9.10. The van der Waals surface area contributed by atoms with E-state index in [0.29, 0.717) is 17.4 Å². The number of hydrogen-bond acceptors (Lipinski definition) is 8. The number of unbranched alkanes of at least 4 members (excludes halogenated alkanes) is 14. The molecule has 0 aromatic heterocycles. The van der Waals surface area contributed by atoms with Crippen LogP contribution in [0.3, 0.4) is 0 Å². The summed E-state index contributed by atoms with van der Waals surface area (Å²) in [6.07, 6.45) is 37.2. The second-order valence-corrected chi connectivity index (χ2v) is 14.9. The summed E-state index contributed by atoms with van der Waals surface area (Å²) in [4.78, 5) is 36.8. The highest BCUT2D eigenvalue weighted by Gasteiger charge is 2.21. The van der Waals surface area contributed by atoms with Crippen LogP contribution in [0.5, 0.6) is 0 Å². The lowest BCUT2D eigenvalue weighted by atomic mass is 10.1. The highest BCUT2D eigenvalue weighted by molar-refractivity contribution is 5.70. The zero-order valence-electron chi connectivity index (χ0n) is 34.4. The molecule has 0 radical (unpaired) electrons. The van der Waals surface area contributed by atoms with Gasteiger partial charge in [0, 0.05) is 12.8 Å². The van der Waals surface area contributed by atoms with E-state index in [1.165, 1.54) is 38.5 Å². The van der Waals surface area contributed by atoms with E-state index < -0.39 is 24.3 Å². The topological polar surface area (TPSA) is 111 Å². The molecule has 0 amide bonds. The Balaban J connectivity index is 4.47. The van der Waals surface area contributed by atoms with Crippen molar-refractivity contribution in [1.82, 2.24) is 0 Å². The van der Waals surface area contributed by atoms with E-state index in [9.17, 15) is 19.5 Å². The third-order valence-corrected chi connectivity index (χ3v) is 8.59. The standard InChI is InChI=1S/C44H77NO8/c1-6-8-10-12-14-16-17-18-19-20-21-22-23-24-25-27-29-31-33-35-42(47)53-40(39-52-44(43(48)49)50-37-36-45(3,4)5)38-51-41(46)34-32-30-28-26-15-13-11-9-7-2/h8,10,14,16,18-19,21-22,40,44H,6-7,9,11-13,15,17,20,23-39H2,1-5H3/b10-8-,16-14-,19-18-,22-21-. The second-order valence-electron chi connectivity index (χ2n) is 14.9. The second kappa shape index (κ2) is 36.2. The number of rotatable bonds is 37. The molecule has 0 N–H and O–H groups in total. The maximum Gasteiger partial charge on any atom is 0.306 e. The SMILES string of the molecule is CC/C=C\C/C=C\C/C=C\C/C=C\CCCCCCCCC(=O)OC(COC(=O)CCCCCCCCCCC)COC(OCC[N+](C)(C)C)C(=O)[O-]. The highest BCUT2D eigenvalue weighted by Crippen LogP contribution is 2.13. The van der Waals surface area contributed by atoms with Gasteiger partial charge in [-0.15, -0.1) is 0 Å². The van der Waals surface area contributed by atoms with Crippen molar-refractivity contribution in [3.63, 3.8) is 0 Å². The van der Waals surface area contributed by atoms with Gasteiger partial charge in [0.15, 0.2) is 12.4 Å². The Bertz CT molecular complexity index is 1010. The monoisotopic (exact) mass is 748 g/mol. The van der Waals surface area contributed by atoms with Gasteiger partial charge in [0.25, 0.3) is 0 Å². The molecule has 9 heteroatoms. The first kappa shape index (κ1) is 50.2. The number of carboxylic acids is 1. The number of quaternary nitrogens is 1. The van der Waals surface area contributed by atoms with E-state index in [1.54, 1.807) is 0 Å². The molecule has 0 saturated carbocycles. The number of nitrogens with zero attached hydrogens (tertiary/aromatic N) is 1. The van der Waals surface area contributed by atoms with Crippen molar-refractivity contribution in [1.29, 1.82) is 0 Å². The third-order valence-electron chi connectivity index (χ3n) is 8.59. The molecule has 2 atom stereocenters. The van der Waals surface area contributed by atoms with E-state index in [0.717, 1.165) is 83.5 Å². The molecule has 0 saturated heterocycles. The minimum absolute atomic E-state index is 0.144. The van der Waals surface area contributed by atoms with Crippen LogP contribution >= 0.6 is 0 Å². The van der Waals surface area contributed by atoms with Crippen LogP contribution in [-0.2, 0) is 33.3 Å². The molecule has 2 unspecified atom stereocenters. The van der Waals surface area contributed by atoms with Crippen LogP contribution in [-0.4, -0.2) is 82.3 Å². The lowest BCUT2D eigenvalue weighted by molar-refractivity contribution is -0.870. The number of carbonyl (C=O) groups excluding carboxylic acids is 3. The Kier molecular flexibility index (Phi) is 34.4. The Labute approximate surface area is 323 Å². The van der Waals surface area contributed by atoms with Gasteiger partial charge in [0.1, 0.15) is 13.2 Å². The molecule has 0 fully saturated rings. The molecule has 0 aliphatic carbocycles. The molecule has 53 heavy (non-hydrogen) atoms. The fourth-order valence-electron chi connectivity index (χ4n) is 5.35. The van der Waals surface area contributed by atoms with Gasteiger partial charge in [0.05, 0.1) is 40.3 Å². The van der Waals surface area contributed by atoms with Gasteiger partial charge in [-0.1, -0.05) is 140 Å². The highest BCUT2D eigenvalue weighted by atomic mass is 16.7. The van der Waals surface area contributed by atoms with Crippen molar-refractivity contribution in [2.75, 3.05) is 47.5 Å². The summed E-state index contributed by atoms with van der Waals surface area (Å²) in [6.45, 7) is 4.56. The zero-order valence-corrected chi connectivity index (χ0v) is 34.4. The van der Waals surface area contributed by atoms with Crippen molar-refractivity contribution in [3.8, 4) is 0 Å². The Morgan fingerprint density at radius 2 is 1.08 bits per heavy atom. The van der Waals surface area contributed by atoms with Crippen molar-refractivity contribution < 1.29 is 42.9 Å². The van der Waals surface area contributed by atoms with E-state index in [-0.39, 0.29) is 38.6 Å². The van der Waals surface area contributed by atoms with Gasteiger partial charge in [0.2, 0.25) is 0 Å². The molecule has 0 aromatic carbocycles.